The van der Waals surface area contributed by atoms with E-state index in [1.165, 1.54) is 58.3 Å². The van der Waals surface area contributed by atoms with E-state index in [9.17, 15) is 5.26 Å². The van der Waals surface area contributed by atoms with E-state index in [-0.39, 0.29) is 5.41 Å². The number of anilines is 1. The normalized spacial score (nSPS) is 25.3. The molecule has 1 aromatic carbocycles. The van der Waals surface area contributed by atoms with Crippen molar-refractivity contribution in [3.8, 4) is 11.9 Å². The summed E-state index contributed by atoms with van der Waals surface area (Å²) < 4.78 is 1.92. The van der Waals surface area contributed by atoms with E-state index in [1.807, 2.05) is 10.9 Å². The molecule has 5 heterocycles. The molecule has 39 heavy (non-hydrogen) atoms. The fraction of sp³-hybridized carbons (Fsp3) is 0.613. The van der Waals surface area contributed by atoms with Crippen molar-refractivity contribution < 1.29 is 0 Å². The monoisotopic (exact) mass is 522 g/mol. The lowest BCUT2D eigenvalue weighted by molar-refractivity contribution is 0.00861. The molecule has 2 aromatic heterocycles. The molecule has 0 amide bonds. The van der Waals surface area contributed by atoms with Crippen LogP contribution in [0, 0.1) is 28.6 Å². The molecule has 0 bridgehead atoms. The topological polar surface area (TPSA) is 77.1 Å². The van der Waals surface area contributed by atoms with E-state index in [0.717, 1.165) is 65.9 Å². The summed E-state index contributed by atoms with van der Waals surface area (Å²) in [5, 5.41) is 15.8. The lowest BCUT2D eigenvalue weighted by atomic mass is 9.57. The molecular formula is C31H38N8. The van der Waals surface area contributed by atoms with Crippen LogP contribution in [0.5, 0.6) is 0 Å². The molecule has 0 radical (unpaired) electrons. The molecule has 5 aliphatic rings. The maximum absolute atomic E-state index is 10.1. The van der Waals surface area contributed by atoms with Crippen molar-refractivity contribution in [1.82, 2.24) is 29.5 Å². The molecule has 2 saturated carbocycles. The van der Waals surface area contributed by atoms with Crippen LogP contribution in [0.25, 0.3) is 16.7 Å². The molecule has 8 nitrogen and oxygen atoms in total. The van der Waals surface area contributed by atoms with Gasteiger partial charge < -0.3 is 9.80 Å². The van der Waals surface area contributed by atoms with Crippen molar-refractivity contribution in [3.05, 3.63) is 42.4 Å². The van der Waals surface area contributed by atoms with Gasteiger partial charge in [-0.2, -0.15) is 10.4 Å². The zero-order chi connectivity index (χ0) is 26.2. The second-order valence-corrected chi connectivity index (χ2v) is 13.5. The summed E-state index contributed by atoms with van der Waals surface area (Å²) in [7, 11) is 2.23. The van der Waals surface area contributed by atoms with E-state index in [0.29, 0.717) is 11.5 Å². The molecule has 0 N–H and O–H groups in total. The second kappa shape index (κ2) is 8.74. The summed E-state index contributed by atoms with van der Waals surface area (Å²) >= 11 is 0. The second-order valence-electron chi connectivity index (χ2n) is 13.5. The highest BCUT2D eigenvalue weighted by Gasteiger charge is 2.62. The summed E-state index contributed by atoms with van der Waals surface area (Å²) in [6.45, 7) is 7.26. The van der Waals surface area contributed by atoms with Crippen LogP contribution < -0.4 is 4.90 Å². The van der Waals surface area contributed by atoms with Gasteiger partial charge in [-0.15, -0.1) is 0 Å². The van der Waals surface area contributed by atoms with Crippen LogP contribution in [0.15, 0.2) is 36.8 Å². The third-order valence-electron chi connectivity index (χ3n) is 10.6. The van der Waals surface area contributed by atoms with Gasteiger partial charge in [0.05, 0.1) is 23.2 Å². The number of fused-ring (bicyclic) bond motifs is 1. The van der Waals surface area contributed by atoms with Crippen LogP contribution in [-0.4, -0.2) is 81.9 Å². The predicted octanol–water partition coefficient (Wildman–Crippen LogP) is 4.00. The number of benzene rings is 1. The summed E-state index contributed by atoms with van der Waals surface area (Å²) in [5.41, 5.74) is 2.26. The third-order valence-corrected chi connectivity index (χ3v) is 10.6. The van der Waals surface area contributed by atoms with Crippen LogP contribution >= 0.6 is 0 Å². The number of hydrogen-bond acceptors (Lipinski definition) is 7. The van der Waals surface area contributed by atoms with Crippen molar-refractivity contribution in [2.24, 2.45) is 17.3 Å². The first kappa shape index (κ1) is 23.8. The number of likely N-dealkylation sites (tertiary alicyclic amines) is 2. The maximum Gasteiger partial charge on any atom is 0.159 e. The van der Waals surface area contributed by atoms with Gasteiger partial charge in [-0.1, -0.05) is 12.1 Å². The van der Waals surface area contributed by atoms with E-state index < -0.39 is 0 Å². The number of aromatic nitrogens is 4. The van der Waals surface area contributed by atoms with Crippen LogP contribution in [-0.2, 0) is 5.41 Å². The van der Waals surface area contributed by atoms with Gasteiger partial charge in [0, 0.05) is 56.8 Å². The standard InChI is InChI=1S/C31H38N8/c1-36-14-22(15-36)10-23-16-38(17-23)26-4-8-37(9-5-26)28-12-29(34-21-33-28)39-27-11-25(3-2-24(27)13-35-39)31(20-32)18-30(19-31)6-7-30/h2-3,11-13,21-23,26H,4-10,14-19H2,1H3. The molecule has 2 aliphatic carbocycles. The molecule has 3 saturated heterocycles. The number of rotatable bonds is 6. The average Bonchev–Trinajstić information content (AvgIpc) is 3.58. The first-order valence-corrected chi connectivity index (χ1v) is 14.9. The van der Waals surface area contributed by atoms with Gasteiger partial charge in [0.2, 0.25) is 0 Å². The highest BCUT2D eigenvalue weighted by Crippen LogP contribution is 2.68. The van der Waals surface area contributed by atoms with Crippen LogP contribution in [0.3, 0.4) is 0 Å². The fourth-order valence-electron chi connectivity index (χ4n) is 8.20. The summed E-state index contributed by atoms with van der Waals surface area (Å²) in [4.78, 5) is 16.8. The molecular weight excluding hydrogens is 484 g/mol. The van der Waals surface area contributed by atoms with E-state index in [4.69, 9.17) is 5.10 Å². The van der Waals surface area contributed by atoms with Gasteiger partial charge in [0.1, 0.15) is 12.1 Å². The number of nitriles is 1. The van der Waals surface area contributed by atoms with Gasteiger partial charge in [-0.3, -0.25) is 4.90 Å². The Morgan fingerprint density at radius 3 is 2.44 bits per heavy atom. The lowest BCUT2D eigenvalue weighted by Gasteiger charge is -2.49. The summed E-state index contributed by atoms with van der Waals surface area (Å²) in [6.07, 6.45) is 12.0. The Morgan fingerprint density at radius 1 is 0.974 bits per heavy atom. The smallest absolute Gasteiger partial charge is 0.159 e. The Labute approximate surface area is 230 Å². The average molecular weight is 523 g/mol. The lowest BCUT2D eigenvalue weighted by Crippen LogP contribution is -2.57. The SMILES string of the molecule is CN1CC(CC2CN(C3CCN(c4cc(-n5ncc6ccc(C7(C#N)CC8(CC8)C7)cc65)ncn4)CC3)C2)C1. The highest BCUT2D eigenvalue weighted by atomic mass is 15.3. The van der Waals surface area contributed by atoms with Crippen molar-refractivity contribution >= 4 is 16.7 Å². The first-order chi connectivity index (χ1) is 19.0. The zero-order valence-corrected chi connectivity index (χ0v) is 23.0. The molecule has 3 aromatic rings. The minimum absolute atomic E-state index is 0.342. The Morgan fingerprint density at radius 2 is 1.72 bits per heavy atom. The Balaban J connectivity index is 0.942. The molecule has 0 atom stereocenters. The molecule has 202 valence electrons. The largest absolute Gasteiger partial charge is 0.356 e. The number of hydrogen-bond donors (Lipinski definition) is 0. The minimum Gasteiger partial charge on any atom is -0.356 e. The van der Waals surface area contributed by atoms with Gasteiger partial charge in [0.25, 0.3) is 0 Å². The number of piperidine rings is 1. The summed E-state index contributed by atoms with van der Waals surface area (Å²) in [6, 6.07) is 11.9. The van der Waals surface area contributed by atoms with E-state index >= 15 is 0 Å². The van der Waals surface area contributed by atoms with E-state index in [2.05, 4.69) is 62.1 Å². The van der Waals surface area contributed by atoms with Gasteiger partial charge in [-0.25, -0.2) is 14.6 Å². The van der Waals surface area contributed by atoms with Crippen LogP contribution in [0.4, 0.5) is 5.82 Å². The van der Waals surface area contributed by atoms with E-state index in [1.54, 1.807) is 6.33 Å². The fourth-order valence-corrected chi connectivity index (χ4v) is 8.20. The molecule has 8 heteroatoms. The number of nitrogens with zero attached hydrogens (tertiary/aromatic N) is 8. The molecule has 1 spiro atoms. The first-order valence-electron chi connectivity index (χ1n) is 14.9. The zero-order valence-electron chi connectivity index (χ0n) is 23.0. The van der Waals surface area contributed by atoms with Crippen LogP contribution in [0.2, 0.25) is 0 Å². The molecule has 0 unspecified atom stereocenters. The molecule has 8 rings (SSSR count). The minimum atomic E-state index is -0.342. The van der Waals surface area contributed by atoms with Crippen molar-refractivity contribution in [1.29, 1.82) is 5.26 Å². The van der Waals surface area contributed by atoms with Crippen molar-refractivity contribution in [2.45, 2.75) is 56.4 Å². The van der Waals surface area contributed by atoms with Gasteiger partial charge >= 0.3 is 0 Å². The quantitative estimate of drug-likeness (QED) is 0.484. The van der Waals surface area contributed by atoms with Crippen LogP contribution in [0.1, 0.15) is 50.5 Å². The molecule has 5 fully saturated rings. The Bertz CT molecular complexity index is 1420. The Kier molecular flexibility index (Phi) is 5.34. The predicted molar refractivity (Wildman–Crippen MR) is 151 cm³/mol. The molecule has 3 aliphatic heterocycles. The van der Waals surface area contributed by atoms with Gasteiger partial charge in [-0.05, 0) is 80.9 Å². The Hall–Kier alpha value is -3.02. The third kappa shape index (κ3) is 4.05. The van der Waals surface area contributed by atoms with Crippen molar-refractivity contribution in [2.75, 3.05) is 51.2 Å². The summed E-state index contributed by atoms with van der Waals surface area (Å²) in [5.74, 6) is 3.63. The maximum atomic E-state index is 10.1. The highest BCUT2D eigenvalue weighted by molar-refractivity contribution is 5.81. The van der Waals surface area contributed by atoms with Gasteiger partial charge in [0.15, 0.2) is 5.82 Å². The van der Waals surface area contributed by atoms with Crippen molar-refractivity contribution in [3.63, 3.8) is 0 Å².